The number of hydrogen-bond donors (Lipinski definition) is 1. The maximum Gasteiger partial charge on any atom is 0.238 e. The molecule has 0 saturated carbocycles. The second-order valence-electron chi connectivity index (χ2n) is 7.60. The number of carbonyl (C=O) groups is 1. The van der Waals surface area contributed by atoms with E-state index < -0.39 is 0 Å². The summed E-state index contributed by atoms with van der Waals surface area (Å²) in [6, 6.07) is 12.1. The smallest absolute Gasteiger partial charge is 0.238 e. The van der Waals surface area contributed by atoms with Crippen LogP contribution in [0.2, 0.25) is 5.02 Å². The third-order valence-corrected chi connectivity index (χ3v) is 5.69. The molecular formula is C22H26ClN3O2. The molecule has 0 aliphatic carbocycles. The molecule has 1 fully saturated rings. The first-order chi connectivity index (χ1) is 13.6. The van der Waals surface area contributed by atoms with Crippen molar-refractivity contribution < 1.29 is 9.53 Å². The Morgan fingerprint density at radius 1 is 1.11 bits per heavy atom. The second-order valence-corrected chi connectivity index (χ2v) is 8.04. The molecule has 2 heterocycles. The van der Waals surface area contributed by atoms with E-state index >= 15 is 0 Å². The Bertz CT molecular complexity index is 863. The summed E-state index contributed by atoms with van der Waals surface area (Å²) in [5, 5.41) is 3.68. The maximum atomic E-state index is 12.4. The van der Waals surface area contributed by atoms with Crippen molar-refractivity contribution in [2.24, 2.45) is 0 Å². The van der Waals surface area contributed by atoms with Gasteiger partial charge >= 0.3 is 0 Å². The summed E-state index contributed by atoms with van der Waals surface area (Å²) in [5.74, 6) is 1.06. The van der Waals surface area contributed by atoms with E-state index in [2.05, 4.69) is 33.3 Å². The fourth-order valence-corrected chi connectivity index (χ4v) is 4.09. The molecule has 2 aliphatic rings. The van der Waals surface area contributed by atoms with Crippen molar-refractivity contribution in [3.05, 3.63) is 58.1 Å². The zero-order chi connectivity index (χ0) is 19.5. The van der Waals surface area contributed by atoms with Gasteiger partial charge in [-0.05, 0) is 47.9 Å². The van der Waals surface area contributed by atoms with Gasteiger partial charge < -0.3 is 10.1 Å². The third-order valence-electron chi connectivity index (χ3n) is 5.45. The van der Waals surface area contributed by atoms with Gasteiger partial charge in [0.25, 0.3) is 0 Å². The molecule has 0 bridgehead atoms. The van der Waals surface area contributed by atoms with Crippen LogP contribution in [0.5, 0.6) is 5.75 Å². The molecule has 2 aromatic rings. The molecule has 148 valence electrons. The predicted molar refractivity (Wildman–Crippen MR) is 112 cm³/mol. The lowest BCUT2D eigenvalue weighted by Crippen LogP contribution is -2.48. The molecule has 6 heteroatoms. The SMILES string of the molecule is Cc1cc(Cl)ccc1NC(=O)CN1CCN(Cc2ccc3c(c2)CCO3)CC1. The number of fused-ring (bicyclic) bond motifs is 1. The number of hydrogen-bond acceptors (Lipinski definition) is 4. The van der Waals surface area contributed by atoms with Gasteiger partial charge in [-0.15, -0.1) is 0 Å². The molecule has 0 aromatic heterocycles. The van der Waals surface area contributed by atoms with Crippen molar-refractivity contribution in [3.8, 4) is 5.75 Å². The number of anilines is 1. The van der Waals surface area contributed by atoms with Gasteiger partial charge in [0.1, 0.15) is 5.75 Å². The molecule has 4 rings (SSSR count). The van der Waals surface area contributed by atoms with Gasteiger partial charge in [-0.2, -0.15) is 0 Å². The van der Waals surface area contributed by atoms with Crippen LogP contribution in [0.25, 0.3) is 0 Å². The summed E-state index contributed by atoms with van der Waals surface area (Å²) < 4.78 is 5.59. The number of nitrogens with zero attached hydrogens (tertiary/aromatic N) is 2. The highest BCUT2D eigenvalue weighted by Crippen LogP contribution is 2.26. The van der Waals surface area contributed by atoms with Crippen molar-refractivity contribution in [1.29, 1.82) is 0 Å². The number of aryl methyl sites for hydroxylation is 1. The molecule has 28 heavy (non-hydrogen) atoms. The molecule has 0 radical (unpaired) electrons. The van der Waals surface area contributed by atoms with E-state index in [9.17, 15) is 4.79 Å². The standard InChI is InChI=1S/C22H26ClN3O2/c1-16-12-19(23)3-4-20(16)24-22(27)15-26-9-7-25(8-10-26)14-17-2-5-21-18(13-17)6-11-28-21/h2-5,12-13H,6-11,14-15H2,1H3,(H,24,27). The lowest BCUT2D eigenvalue weighted by atomic mass is 10.1. The Balaban J connectivity index is 1.24. The minimum atomic E-state index is 0.0255. The number of piperazine rings is 1. The van der Waals surface area contributed by atoms with Crippen LogP contribution in [0.1, 0.15) is 16.7 Å². The highest BCUT2D eigenvalue weighted by Gasteiger charge is 2.20. The Hall–Kier alpha value is -2.08. The van der Waals surface area contributed by atoms with Crippen LogP contribution in [-0.4, -0.2) is 55.0 Å². The number of benzene rings is 2. The molecular weight excluding hydrogens is 374 g/mol. The van der Waals surface area contributed by atoms with Crippen molar-refractivity contribution in [1.82, 2.24) is 9.80 Å². The lowest BCUT2D eigenvalue weighted by Gasteiger charge is -2.34. The summed E-state index contributed by atoms with van der Waals surface area (Å²) >= 11 is 5.98. The highest BCUT2D eigenvalue weighted by atomic mass is 35.5. The summed E-state index contributed by atoms with van der Waals surface area (Å²) in [4.78, 5) is 17.1. The van der Waals surface area contributed by atoms with Crippen molar-refractivity contribution in [2.75, 3.05) is 44.6 Å². The van der Waals surface area contributed by atoms with Gasteiger partial charge in [-0.3, -0.25) is 14.6 Å². The van der Waals surface area contributed by atoms with Crippen LogP contribution in [0.4, 0.5) is 5.69 Å². The van der Waals surface area contributed by atoms with E-state index in [0.29, 0.717) is 11.6 Å². The molecule has 5 nitrogen and oxygen atoms in total. The molecule has 2 aliphatic heterocycles. The Labute approximate surface area is 171 Å². The summed E-state index contributed by atoms with van der Waals surface area (Å²) in [5.41, 5.74) is 4.47. The van der Waals surface area contributed by atoms with Gasteiger partial charge in [0.05, 0.1) is 13.2 Å². The number of amides is 1. The first-order valence-electron chi connectivity index (χ1n) is 9.82. The predicted octanol–water partition coefficient (Wildman–Crippen LogP) is 3.34. The van der Waals surface area contributed by atoms with E-state index in [1.165, 1.54) is 11.1 Å². The minimum absolute atomic E-state index is 0.0255. The van der Waals surface area contributed by atoms with Gasteiger partial charge in [-0.25, -0.2) is 0 Å². The topological polar surface area (TPSA) is 44.8 Å². The van der Waals surface area contributed by atoms with Crippen LogP contribution >= 0.6 is 11.6 Å². The molecule has 0 spiro atoms. The van der Waals surface area contributed by atoms with E-state index in [0.717, 1.165) is 62.8 Å². The summed E-state index contributed by atoms with van der Waals surface area (Å²) in [6.45, 7) is 7.88. The van der Waals surface area contributed by atoms with Crippen molar-refractivity contribution in [2.45, 2.75) is 19.9 Å². The summed E-state index contributed by atoms with van der Waals surface area (Å²) in [6.07, 6.45) is 1.01. The fraction of sp³-hybridized carbons (Fsp3) is 0.409. The number of rotatable bonds is 5. The molecule has 0 atom stereocenters. The van der Waals surface area contributed by atoms with Crippen LogP contribution in [0, 0.1) is 6.92 Å². The van der Waals surface area contributed by atoms with Crippen LogP contribution in [0.15, 0.2) is 36.4 Å². The number of carbonyl (C=O) groups excluding carboxylic acids is 1. The van der Waals surface area contributed by atoms with E-state index in [1.807, 2.05) is 19.1 Å². The fourth-order valence-electron chi connectivity index (χ4n) is 3.86. The largest absolute Gasteiger partial charge is 0.493 e. The number of halogens is 1. The minimum Gasteiger partial charge on any atom is -0.493 e. The number of ether oxygens (including phenoxy) is 1. The van der Waals surface area contributed by atoms with Gasteiger partial charge in [-0.1, -0.05) is 23.7 Å². The van der Waals surface area contributed by atoms with Gasteiger partial charge in [0.2, 0.25) is 5.91 Å². The van der Waals surface area contributed by atoms with Crippen molar-refractivity contribution >= 4 is 23.2 Å². The Morgan fingerprint density at radius 3 is 2.68 bits per heavy atom. The zero-order valence-corrected chi connectivity index (χ0v) is 17.0. The molecule has 1 saturated heterocycles. The average Bonchev–Trinajstić information content (AvgIpc) is 3.13. The third kappa shape index (κ3) is 4.66. The summed E-state index contributed by atoms with van der Waals surface area (Å²) in [7, 11) is 0. The second kappa shape index (κ2) is 8.52. The molecule has 1 amide bonds. The first kappa shape index (κ1) is 19.2. The van der Waals surface area contributed by atoms with Gasteiger partial charge in [0, 0.05) is 49.9 Å². The molecule has 1 N–H and O–H groups in total. The maximum absolute atomic E-state index is 12.4. The Kier molecular flexibility index (Phi) is 5.85. The van der Waals surface area contributed by atoms with Gasteiger partial charge in [0.15, 0.2) is 0 Å². The average molecular weight is 400 g/mol. The van der Waals surface area contributed by atoms with Crippen LogP contribution in [0.3, 0.4) is 0 Å². The van der Waals surface area contributed by atoms with Crippen molar-refractivity contribution in [3.63, 3.8) is 0 Å². The first-order valence-corrected chi connectivity index (χ1v) is 10.2. The Morgan fingerprint density at radius 2 is 1.89 bits per heavy atom. The highest BCUT2D eigenvalue weighted by molar-refractivity contribution is 6.30. The van der Waals surface area contributed by atoms with E-state index in [4.69, 9.17) is 16.3 Å². The zero-order valence-electron chi connectivity index (χ0n) is 16.2. The van der Waals surface area contributed by atoms with E-state index in [-0.39, 0.29) is 5.91 Å². The quantitative estimate of drug-likeness (QED) is 0.837. The molecule has 0 unspecified atom stereocenters. The monoisotopic (exact) mass is 399 g/mol. The van der Waals surface area contributed by atoms with E-state index in [1.54, 1.807) is 6.07 Å². The molecule has 2 aromatic carbocycles. The normalized spacial score (nSPS) is 17.2. The van der Waals surface area contributed by atoms with Crippen LogP contribution in [-0.2, 0) is 17.8 Å². The van der Waals surface area contributed by atoms with Crippen LogP contribution < -0.4 is 10.1 Å². The lowest BCUT2D eigenvalue weighted by molar-refractivity contribution is -0.117. The number of nitrogens with one attached hydrogen (secondary N) is 1.